The van der Waals surface area contributed by atoms with Crippen LogP contribution >= 0.6 is 0 Å². The van der Waals surface area contributed by atoms with Crippen molar-refractivity contribution < 1.29 is 48.7 Å². The van der Waals surface area contributed by atoms with Gasteiger partial charge >= 0.3 is 24.6 Å². The fourth-order valence-electron chi connectivity index (χ4n) is 2.59. The van der Waals surface area contributed by atoms with Crippen LogP contribution in [0.15, 0.2) is 36.5 Å². The van der Waals surface area contributed by atoms with Gasteiger partial charge in [-0.1, -0.05) is 6.07 Å². The molecule has 0 unspecified atom stereocenters. The molecule has 0 bridgehead atoms. The van der Waals surface area contributed by atoms with Crippen molar-refractivity contribution in [2.45, 2.75) is 37.5 Å². The quantitative estimate of drug-likeness (QED) is 0.564. The zero-order valence-electron chi connectivity index (χ0n) is 15.8. The van der Waals surface area contributed by atoms with E-state index in [0.717, 1.165) is 12.3 Å². The first-order chi connectivity index (χ1) is 14.5. The van der Waals surface area contributed by atoms with Crippen molar-refractivity contribution in [3.8, 4) is 0 Å². The number of benzene rings is 1. The number of hydrogen-bond acceptors (Lipinski definition) is 2. The van der Waals surface area contributed by atoms with E-state index in [0.29, 0.717) is 19.1 Å². The van der Waals surface area contributed by atoms with E-state index in [4.69, 9.17) is 0 Å². The summed E-state index contributed by atoms with van der Waals surface area (Å²) in [5.74, 6) is -1.87. The normalized spacial score (nSPS) is 14.6. The summed E-state index contributed by atoms with van der Waals surface area (Å²) in [7, 11) is 0. The molecular formula is C18H13F10N3O. The van der Waals surface area contributed by atoms with Crippen LogP contribution in [0, 0.1) is 5.82 Å². The minimum absolute atomic E-state index is 0.218. The molecule has 2 atom stereocenters. The first kappa shape index (κ1) is 25.2. The standard InChI is InChI=1S/C18H13F10N3O/c1-8(16(20,21)22)30-15(32)31-13(14-11(18(26,27)28)3-2-6-29-14)9-4-5-10(12(19)7-9)17(23,24)25/h2-8,13H,1H3,(H2,30,31,32)/t8-,13-/m0/s1. The minimum Gasteiger partial charge on any atom is -0.327 e. The molecule has 1 aromatic heterocycles. The Labute approximate surface area is 173 Å². The number of amides is 2. The molecule has 176 valence electrons. The van der Waals surface area contributed by atoms with Crippen molar-refractivity contribution in [2.24, 2.45) is 0 Å². The topological polar surface area (TPSA) is 54.0 Å². The number of rotatable bonds is 4. The molecule has 14 heteroatoms. The van der Waals surface area contributed by atoms with Gasteiger partial charge in [0.15, 0.2) is 0 Å². The molecule has 0 saturated heterocycles. The van der Waals surface area contributed by atoms with Gasteiger partial charge in [0.2, 0.25) is 0 Å². The molecule has 2 N–H and O–H groups in total. The summed E-state index contributed by atoms with van der Waals surface area (Å²) < 4.78 is 131. The molecule has 0 spiro atoms. The highest BCUT2D eigenvalue weighted by Gasteiger charge is 2.40. The lowest BCUT2D eigenvalue weighted by Gasteiger charge is -2.24. The van der Waals surface area contributed by atoms with E-state index < -0.39 is 64.8 Å². The largest absolute Gasteiger partial charge is 0.419 e. The molecule has 0 fully saturated rings. The average Bonchev–Trinajstić information content (AvgIpc) is 2.63. The highest BCUT2D eigenvalue weighted by Crippen LogP contribution is 2.37. The minimum atomic E-state index is -5.12. The first-order valence-electron chi connectivity index (χ1n) is 8.54. The van der Waals surface area contributed by atoms with Crippen LogP contribution in [0.3, 0.4) is 0 Å². The molecule has 2 rings (SSSR count). The number of nitrogens with one attached hydrogen (secondary N) is 2. The Kier molecular flexibility index (Phi) is 6.95. The third-order valence-corrected chi connectivity index (χ3v) is 4.16. The second-order valence-corrected chi connectivity index (χ2v) is 6.49. The van der Waals surface area contributed by atoms with Crippen LogP contribution in [-0.2, 0) is 12.4 Å². The lowest BCUT2D eigenvalue weighted by molar-refractivity contribution is -0.148. The molecule has 0 saturated carbocycles. The first-order valence-corrected chi connectivity index (χ1v) is 8.54. The van der Waals surface area contributed by atoms with Crippen LogP contribution in [0.5, 0.6) is 0 Å². The smallest absolute Gasteiger partial charge is 0.327 e. The molecule has 0 aliphatic rings. The Morgan fingerprint density at radius 2 is 1.50 bits per heavy atom. The molecule has 0 aliphatic carbocycles. The second kappa shape index (κ2) is 8.82. The van der Waals surface area contributed by atoms with Gasteiger partial charge in [-0.25, -0.2) is 9.18 Å². The number of nitrogens with zero attached hydrogens (tertiary/aromatic N) is 1. The molecule has 4 nitrogen and oxygen atoms in total. The van der Waals surface area contributed by atoms with Gasteiger partial charge in [0, 0.05) is 6.20 Å². The van der Waals surface area contributed by atoms with Crippen molar-refractivity contribution in [3.63, 3.8) is 0 Å². The van der Waals surface area contributed by atoms with E-state index in [1.54, 1.807) is 5.32 Å². The second-order valence-electron chi connectivity index (χ2n) is 6.49. The van der Waals surface area contributed by atoms with Crippen LogP contribution in [0.4, 0.5) is 48.7 Å². The predicted molar refractivity (Wildman–Crippen MR) is 89.7 cm³/mol. The van der Waals surface area contributed by atoms with Gasteiger partial charge in [-0.3, -0.25) is 4.98 Å². The van der Waals surface area contributed by atoms with E-state index in [2.05, 4.69) is 4.98 Å². The predicted octanol–water partition coefficient (Wildman–Crippen LogP) is 5.60. The molecule has 2 aromatic rings. The third-order valence-electron chi connectivity index (χ3n) is 4.16. The maximum atomic E-state index is 14.0. The fourth-order valence-corrected chi connectivity index (χ4v) is 2.59. The third kappa shape index (κ3) is 6.01. The van der Waals surface area contributed by atoms with E-state index >= 15 is 0 Å². The Morgan fingerprint density at radius 3 is 2.00 bits per heavy atom. The average molecular weight is 477 g/mol. The van der Waals surface area contributed by atoms with Crippen molar-refractivity contribution in [1.82, 2.24) is 15.6 Å². The van der Waals surface area contributed by atoms with Crippen molar-refractivity contribution in [3.05, 3.63) is 64.7 Å². The summed E-state index contributed by atoms with van der Waals surface area (Å²) in [6.45, 7) is 0.550. The van der Waals surface area contributed by atoms with Crippen molar-refractivity contribution in [2.75, 3.05) is 0 Å². The van der Waals surface area contributed by atoms with Gasteiger partial charge in [-0.2, -0.15) is 39.5 Å². The summed E-state index contributed by atoms with van der Waals surface area (Å²) in [5, 5.41) is 3.23. The Morgan fingerprint density at radius 1 is 0.906 bits per heavy atom. The van der Waals surface area contributed by atoms with Gasteiger partial charge in [0.25, 0.3) is 0 Å². The summed E-state index contributed by atoms with van der Waals surface area (Å²) in [6.07, 6.45) is -14.2. The van der Waals surface area contributed by atoms with Gasteiger partial charge in [0.05, 0.1) is 22.9 Å². The van der Waals surface area contributed by atoms with Crippen LogP contribution in [0.2, 0.25) is 0 Å². The Balaban J connectivity index is 2.55. The van der Waals surface area contributed by atoms with Crippen LogP contribution in [0.1, 0.15) is 35.3 Å². The highest BCUT2D eigenvalue weighted by molar-refractivity contribution is 5.75. The Hall–Kier alpha value is -3.06. The Bertz CT molecular complexity index is 969. The maximum Gasteiger partial charge on any atom is 0.419 e. The molecule has 32 heavy (non-hydrogen) atoms. The number of hydrogen-bond donors (Lipinski definition) is 2. The van der Waals surface area contributed by atoms with Crippen LogP contribution < -0.4 is 10.6 Å². The number of urea groups is 1. The van der Waals surface area contributed by atoms with Gasteiger partial charge in [-0.05, 0) is 36.8 Å². The number of carbonyl (C=O) groups is 1. The number of pyridine rings is 1. The van der Waals surface area contributed by atoms with Crippen LogP contribution in [-0.4, -0.2) is 23.2 Å². The molecule has 2 amide bonds. The molecule has 1 aromatic carbocycles. The maximum absolute atomic E-state index is 14.0. The SMILES string of the molecule is C[C@H](NC(=O)N[C@@H](c1ccc(C(F)(F)F)c(F)c1)c1ncccc1C(F)(F)F)C(F)(F)F. The van der Waals surface area contributed by atoms with Gasteiger partial charge in [0.1, 0.15) is 11.9 Å². The molecule has 1 heterocycles. The summed E-state index contributed by atoms with van der Waals surface area (Å²) in [4.78, 5) is 15.5. The monoisotopic (exact) mass is 477 g/mol. The number of alkyl halides is 9. The fraction of sp³-hybridized carbons (Fsp3) is 0.333. The van der Waals surface area contributed by atoms with Gasteiger partial charge in [-0.15, -0.1) is 0 Å². The van der Waals surface area contributed by atoms with E-state index in [-0.39, 0.29) is 12.1 Å². The number of aromatic nitrogens is 1. The lowest BCUT2D eigenvalue weighted by atomic mass is 9.97. The molecular weight excluding hydrogens is 464 g/mol. The molecule has 0 radical (unpaired) electrons. The van der Waals surface area contributed by atoms with E-state index in [9.17, 15) is 48.7 Å². The van der Waals surface area contributed by atoms with Crippen molar-refractivity contribution in [1.29, 1.82) is 0 Å². The van der Waals surface area contributed by atoms with Gasteiger partial charge < -0.3 is 10.6 Å². The number of halogens is 10. The number of carbonyl (C=O) groups excluding carboxylic acids is 1. The van der Waals surface area contributed by atoms with E-state index in [1.807, 2.05) is 0 Å². The summed E-state index contributed by atoms with van der Waals surface area (Å²) in [5.41, 5.74) is -4.75. The summed E-state index contributed by atoms with van der Waals surface area (Å²) in [6, 6.07) is -3.63. The molecule has 0 aliphatic heterocycles. The van der Waals surface area contributed by atoms with Crippen LogP contribution in [0.25, 0.3) is 0 Å². The lowest BCUT2D eigenvalue weighted by Crippen LogP contribution is -2.48. The van der Waals surface area contributed by atoms with Crippen molar-refractivity contribution >= 4 is 6.03 Å². The zero-order valence-corrected chi connectivity index (χ0v) is 15.8. The zero-order chi connectivity index (χ0) is 24.5. The summed E-state index contributed by atoms with van der Waals surface area (Å²) >= 11 is 0. The highest BCUT2D eigenvalue weighted by atomic mass is 19.4. The van der Waals surface area contributed by atoms with E-state index in [1.165, 1.54) is 5.32 Å².